The van der Waals surface area contributed by atoms with Gasteiger partial charge in [0.1, 0.15) is 4.88 Å². The highest BCUT2D eigenvalue weighted by atomic mass is 32.1. The van der Waals surface area contributed by atoms with Crippen molar-refractivity contribution in [3.8, 4) is 0 Å². The summed E-state index contributed by atoms with van der Waals surface area (Å²) in [6.07, 6.45) is 1.23. The number of hydroxylamine groups is 1. The number of rotatable bonds is 4. The molecule has 0 bridgehead atoms. The minimum atomic E-state index is -0.334. The molecule has 0 aromatic carbocycles. The van der Waals surface area contributed by atoms with Crippen LogP contribution in [0.3, 0.4) is 0 Å². The van der Waals surface area contributed by atoms with Gasteiger partial charge in [-0.25, -0.2) is 4.79 Å². The Morgan fingerprint density at radius 2 is 2.64 bits per heavy atom. The second-order valence-corrected chi connectivity index (χ2v) is 3.94. The van der Waals surface area contributed by atoms with E-state index >= 15 is 0 Å². The van der Waals surface area contributed by atoms with Gasteiger partial charge in [-0.05, 0) is 17.9 Å². The van der Waals surface area contributed by atoms with E-state index in [1.807, 2.05) is 11.4 Å². The average molecular weight is 213 g/mol. The first kappa shape index (κ1) is 9.64. The molecule has 1 aliphatic rings. The second-order valence-electron chi connectivity index (χ2n) is 3.00. The quantitative estimate of drug-likeness (QED) is 0.763. The molecule has 1 unspecified atom stereocenters. The van der Waals surface area contributed by atoms with Crippen molar-refractivity contribution in [2.24, 2.45) is 0 Å². The Bertz CT molecular complexity index is 295. The van der Waals surface area contributed by atoms with E-state index in [-0.39, 0.29) is 12.1 Å². The maximum atomic E-state index is 11.3. The van der Waals surface area contributed by atoms with Crippen molar-refractivity contribution in [3.63, 3.8) is 0 Å². The predicted octanol–water partition coefficient (Wildman–Crippen LogP) is 1.20. The molecule has 1 aromatic heterocycles. The zero-order valence-corrected chi connectivity index (χ0v) is 8.38. The largest absolute Gasteiger partial charge is 0.377 e. The van der Waals surface area contributed by atoms with Crippen LogP contribution < -0.4 is 5.48 Å². The van der Waals surface area contributed by atoms with Crippen LogP contribution in [0.4, 0.5) is 0 Å². The van der Waals surface area contributed by atoms with Gasteiger partial charge >= 0.3 is 5.97 Å². The number of carbonyl (C=O) groups excluding carboxylic acids is 1. The highest BCUT2D eigenvalue weighted by molar-refractivity contribution is 7.11. The van der Waals surface area contributed by atoms with Crippen LogP contribution in [0.2, 0.25) is 0 Å². The van der Waals surface area contributed by atoms with E-state index in [9.17, 15) is 4.79 Å². The molecule has 1 N–H and O–H groups in total. The molecule has 0 aliphatic carbocycles. The average Bonchev–Trinajstić information content (AvgIpc) is 2.61. The fourth-order valence-electron chi connectivity index (χ4n) is 1.09. The lowest BCUT2D eigenvalue weighted by atomic mass is 10.2. The van der Waals surface area contributed by atoms with Crippen LogP contribution in [0.5, 0.6) is 0 Å². The Balaban J connectivity index is 1.67. The van der Waals surface area contributed by atoms with Crippen molar-refractivity contribution in [3.05, 3.63) is 22.4 Å². The van der Waals surface area contributed by atoms with E-state index in [2.05, 4.69) is 5.48 Å². The van der Waals surface area contributed by atoms with E-state index in [4.69, 9.17) is 9.57 Å². The van der Waals surface area contributed by atoms with Gasteiger partial charge in [0.25, 0.3) is 0 Å². The molecule has 5 heteroatoms. The molecule has 0 saturated carbocycles. The van der Waals surface area contributed by atoms with Crippen LogP contribution in [-0.2, 0) is 9.57 Å². The van der Waals surface area contributed by atoms with E-state index < -0.39 is 0 Å². The van der Waals surface area contributed by atoms with Gasteiger partial charge in [-0.3, -0.25) is 0 Å². The highest BCUT2D eigenvalue weighted by Gasteiger charge is 2.18. The first-order valence-corrected chi connectivity index (χ1v) is 5.33. The van der Waals surface area contributed by atoms with Crippen molar-refractivity contribution in [1.82, 2.24) is 5.48 Å². The monoisotopic (exact) mass is 213 g/mol. The van der Waals surface area contributed by atoms with Gasteiger partial charge in [0.2, 0.25) is 0 Å². The van der Waals surface area contributed by atoms with E-state index in [1.165, 1.54) is 11.3 Å². The zero-order chi connectivity index (χ0) is 9.80. The van der Waals surface area contributed by atoms with Crippen molar-refractivity contribution in [2.75, 3.05) is 13.2 Å². The van der Waals surface area contributed by atoms with Crippen LogP contribution in [0.15, 0.2) is 17.5 Å². The van der Waals surface area contributed by atoms with Crippen LogP contribution in [0.1, 0.15) is 16.1 Å². The number of hydrogen-bond donors (Lipinski definition) is 1. The SMILES string of the molecule is O=C(ONCC1CCO1)c1cccs1. The van der Waals surface area contributed by atoms with Crippen molar-refractivity contribution in [1.29, 1.82) is 0 Å². The molecule has 1 fully saturated rings. The molecular formula is C9H11NO3S. The van der Waals surface area contributed by atoms with E-state index in [0.29, 0.717) is 11.4 Å². The summed E-state index contributed by atoms with van der Waals surface area (Å²) >= 11 is 1.36. The van der Waals surface area contributed by atoms with Crippen molar-refractivity contribution in [2.45, 2.75) is 12.5 Å². The summed E-state index contributed by atoms with van der Waals surface area (Å²) in [4.78, 5) is 16.7. The molecule has 1 aliphatic heterocycles. The van der Waals surface area contributed by atoms with Gasteiger partial charge in [0.15, 0.2) is 0 Å². The number of thiophene rings is 1. The van der Waals surface area contributed by atoms with Crippen LogP contribution in [0, 0.1) is 0 Å². The summed E-state index contributed by atoms with van der Waals surface area (Å²) in [6, 6.07) is 3.55. The fourth-order valence-corrected chi connectivity index (χ4v) is 1.69. The van der Waals surface area contributed by atoms with Crippen molar-refractivity contribution < 1.29 is 14.4 Å². The van der Waals surface area contributed by atoms with Gasteiger partial charge in [-0.1, -0.05) is 6.07 Å². The van der Waals surface area contributed by atoms with Crippen LogP contribution in [0.25, 0.3) is 0 Å². The topological polar surface area (TPSA) is 47.6 Å². The Morgan fingerprint density at radius 3 is 3.21 bits per heavy atom. The molecule has 4 nitrogen and oxygen atoms in total. The summed E-state index contributed by atoms with van der Waals surface area (Å²) in [5, 5.41) is 1.84. The van der Waals surface area contributed by atoms with E-state index in [1.54, 1.807) is 6.07 Å². The first-order valence-electron chi connectivity index (χ1n) is 4.45. The van der Waals surface area contributed by atoms with Crippen LogP contribution in [-0.4, -0.2) is 25.2 Å². The van der Waals surface area contributed by atoms with Gasteiger partial charge in [0.05, 0.1) is 12.6 Å². The standard InChI is InChI=1S/C9H11NO3S/c11-9(8-2-1-5-14-8)13-10-6-7-3-4-12-7/h1-2,5,7,10H,3-4,6H2. The fraction of sp³-hybridized carbons (Fsp3) is 0.444. The highest BCUT2D eigenvalue weighted by Crippen LogP contribution is 2.10. The molecule has 0 radical (unpaired) electrons. The molecule has 1 atom stereocenters. The summed E-state index contributed by atoms with van der Waals surface area (Å²) in [7, 11) is 0. The third-order valence-corrected chi connectivity index (χ3v) is 2.84. The Kier molecular flexibility index (Phi) is 3.13. The summed E-state index contributed by atoms with van der Waals surface area (Å²) in [5.74, 6) is -0.334. The third kappa shape index (κ3) is 2.31. The summed E-state index contributed by atoms with van der Waals surface area (Å²) in [5.41, 5.74) is 2.61. The number of carbonyl (C=O) groups is 1. The lowest BCUT2D eigenvalue weighted by Gasteiger charge is -2.25. The minimum Gasteiger partial charge on any atom is -0.377 e. The molecule has 76 valence electrons. The van der Waals surface area contributed by atoms with Gasteiger partial charge in [-0.2, -0.15) is 5.48 Å². The van der Waals surface area contributed by atoms with Crippen molar-refractivity contribution >= 4 is 17.3 Å². The molecule has 14 heavy (non-hydrogen) atoms. The lowest BCUT2D eigenvalue weighted by molar-refractivity contribution is -0.0680. The predicted molar refractivity (Wildman–Crippen MR) is 52.1 cm³/mol. The maximum Gasteiger partial charge on any atom is 0.366 e. The normalized spacial score (nSPS) is 20.1. The Morgan fingerprint density at radius 1 is 1.79 bits per heavy atom. The molecule has 1 aromatic rings. The minimum absolute atomic E-state index is 0.200. The molecule has 0 amide bonds. The van der Waals surface area contributed by atoms with Gasteiger partial charge in [-0.15, -0.1) is 11.3 Å². The summed E-state index contributed by atoms with van der Waals surface area (Å²) < 4.78 is 5.15. The molecule has 1 saturated heterocycles. The zero-order valence-electron chi connectivity index (χ0n) is 7.56. The number of ether oxygens (including phenoxy) is 1. The number of nitrogens with one attached hydrogen (secondary N) is 1. The Labute approximate surface area is 85.8 Å². The molecular weight excluding hydrogens is 202 g/mol. The van der Waals surface area contributed by atoms with E-state index in [0.717, 1.165) is 13.0 Å². The molecule has 2 heterocycles. The van der Waals surface area contributed by atoms with Gasteiger partial charge < -0.3 is 9.57 Å². The second kappa shape index (κ2) is 4.54. The molecule has 0 spiro atoms. The number of hydrogen-bond acceptors (Lipinski definition) is 5. The van der Waals surface area contributed by atoms with Crippen LogP contribution >= 0.6 is 11.3 Å². The Hall–Kier alpha value is -0.910. The molecule has 2 rings (SSSR count). The maximum absolute atomic E-state index is 11.3. The lowest BCUT2D eigenvalue weighted by Crippen LogP contribution is -2.37. The van der Waals surface area contributed by atoms with Gasteiger partial charge in [0, 0.05) is 6.61 Å². The smallest absolute Gasteiger partial charge is 0.366 e. The third-order valence-electron chi connectivity index (χ3n) is 1.99. The summed E-state index contributed by atoms with van der Waals surface area (Å²) in [6.45, 7) is 1.38. The first-order chi connectivity index (χ1) is 6.86.